The minimum atomic E-state index is -0.405. The molecule has 3 fully saturated rings. The van der Waals surface area contributed by atoms with Gasteiger partial charge in [-0.1, -0.05) is 17.7 Å². The Hall–Kier alpha value is -2.35. The Labute approximate surface area is 214 Å². The highest BCUT2D eigenvalue weighted by Gasteiger charge is 2.72. The molecular weight excluding hydrogens is 460 g/mol. The number of carbonyl (C=O) groups is 1. The molecule has 4 rings (SSSR count). The fraction of sp³-hybridized carbons (Fsp3) is 0.621. The highest BCUT2D eigenvalue weighted by atomic mass is 16.6. The molecule has 1 aromatic rings. The van der Waals surface area contributed by atoms with E-state index in [1.165, 1.54) is 11.6 Å². The fourth-order valence-electron chi connectivity index (χ4n) is 5.56. The van der Waals surface area contributed by atoms with Crippen molar-refractivity contribution in [3.63, 3.8) is 0 Å². The smallest absolute Gasteiger partial charge is 0.331 e. The lowest BCUT2D eigenvalue weighted by Crippen LogP contribution is -2.55. The van der Waals surface area contributed by atoms with Gasteiger partial charge in [0.1, 0.15) is 23.4 Å². The summed E-state index contributed by atoms with van der Waals surface area (Å²) in [5.74, 6) is 0.874. The molecule has 2 saturated heterocycles. The molecule has 198 valence electrons. The third kappa shape index (κ3) is 5.63. The zero-order valence-electron chi connectivity index (χ0n) is 22.5. The average Bonchev–Trinajstić information content (AvgIpc) is 3.74. The zero-order valence-corrected chi connectivity index (χ0v) is 22.5. The molecule has 2 heterocycles. The number of rotatable bonds is 10. The normalized spacial score (nSPS) is 33.0. The molecule has 1 saturated carbocycles. The Morgan fingerprint density at radius 2 is 1.97 bits per heavy atom. The van der Waals surface area contributed by atoms with Crippen LogP contribution in [0.5, 0.6) is 11.5 Å². The van der Waals surface area contributed by atoms with Gasteiger partial charge in [0, 0.05) is 13.2 Å². The highest BCUT2D eigenvalue weighted by molar-refractivity contribution is 5.87. The number of epoxide rings is 2. The van der Waals surface area contributed by atoms with Crippen LogP contribution in [0.2, 0.25) is 0 Å². The molecule has 2 aliphatic heterocycles. The quantitative estimate of drug-likeness (QED) is 0.191. The Bertz CT molecular complexity index is 1000. The van der Waals surface area contributed by atoms with Crippen LogP contribution in [0.4, 0.5) is 0 Å². The van der Waals surface area contributed by atoms with E-state index in [2.05, 4.69) is 26.8 Å². The summed E-state index contributed by atoms with van der Waals surface area (Å²) in [6.45, 7) is 10.9. The number of carbonyl (C=O) groups excluding carboxylic acids is 1. The molecule has 0 amide bonds. The van der Waals surface area contributed by atoms with Crippen LogP contribution >= 0.6 is 0 Å². The second-order valence-electron chi connectivity index (χ2n) is 10.8. The summed E-state index contributed by atoms with van der Waals surface area (Å²) >= 11 is 0. The van der Waals surface area contributed by atoms with E-state index in [1.54, 1.807) is 20.3 Å². The van der Waals surface area contributed by atoms with E-state index in [9.17, 15) is 4.79 Å². The number of esters is 1. The number of hydrogen-bond donors (Lipinski definition) is 0. The summed E-state index contributed by atoms with van der Waals surface area (Å²) in [7, 11) is 3.28. The first kappa shape index (κ1) is 26.7. The van der Waals surface area contributed by atoms with Crippen LogP contribution < -0.4 is 9.47 Å². The van der Waals surface area contributed by atoms with Crippen molar-refractivity contribution in [1.82, 2.24) is 0 Å². The maximum Gasteiger partial charge on any atom is 0.331 e. The van der Waals surface area contributed by atoms with Crippen LogP contribution in [0, 0.1) is 5.92 Å². The number of allylic oxidation sites excluding steroid dienone is 1. The molecule has 7 heteroatoms. The molecule has 0 bridgehead atoms. The highest BCUT2D eigenvalue weighted by Crippen LogP contribution is 2.59. The molecule has 1 aliphatic carbocycles. The average molecular weight is 501 g/mol. The first-order valence-electron chi connectivity index (χ1n) is 12.8. The standard InChI is InChI=1S/C29H40O7/c1-18(2)8-12-24-28(5,36-24)27-26(32-7)22(14-15-29(27)17-33-29)35-25(30)13-10-20-9-11-21(34-19(3)4)23(16-20)31-6/h8-11,13,16,19,22,24,26-27H,12,14-15,17H2,1-7H3/b13-10+/t22-,24?,26-,27?,28?,29+/m1/s1. The minimum Gasteiger partial charge on any atom is -0.493 e. The van der Waals surface area contributed by atoms with Crippen molar-refractivity contribution < 1.29 is 33.2 Å². The molecule has 7 nitrogen and oxygen atoms in total. The fourth-order valence-corrected chi connectivity index (χ4v) is 5.56. The first-order chi connectivity index (χ1) is 17.1. The van der Waals surface area contributed by atoms with Crippen LogP contribution in [0.3, 0.4) is 0 Å². The van der Waals surface area contributed by atoms with E-state index < -0.39 is 5.97 Å². The van der Waals surface area contributed by atoms with Gasteiger partial charge in [-0.2, -0.15) is 0 Å². The third-order valence-corrected chi connectivity index (χ3v) is 7.47. The Kier molecular flexibility index (Phi) is 7.83. The molecule has 3 unspecified atom stereocenters. The lowest BCUT2D eigenvalue weighted by molar-refractivity contribution is -0.166. The van der Waals surface area contributed by atoms with Crippen molar-refractivity contribution in [2.45, 2.75) is 89.5 Å². The van der Waals surface area contributed by atoms with E-state index in [0.717, 1.165) is 18.4 Å². The van der Waals surface area contributed by atoms with Gasteiger partial charge in [0.25, 0.3) is 0 Å². The van der Waals surface area contributed by atoms with E-state index in [1.807, 2.05) is 32.0 Å². The van der Waals surface area contributed by atoms with Crippen LogP contribution in [0.15, 0.2) is 35.9 Å². The van der Waals surface area contributed by atoms with Crippen LogP contribution in [0.25, 0.3) is 6.08 Å². The van der Waals surface area contributed by atoms with Gasteiger partial charge in [0.2, 0.25) is 0 Å². The van der Waals surface area contributed by atoms with Gasteiger partial charge in [-0.15, -0.1) is 0 Å². The van der Waals surface area contributed by atoms with E-state index >= 15 is 0 Å². The maximum atomic E-state index is 12.8. The van der Waals surface area contributed by atoms with Gasteiger partial charge in [0.05, 0.1) is 31.8 Å². The summed E-state index contributed by atoms with van der Waals surface area (Å²) in [5.41, 5.74) is 1.48. The first-order valence-corrected chi connectivity index (χ1v) is 12.8. The summed E-state index contributed by atoms with van der Waals surface area (Å²) < 4.78 is 35.3. The van der Waals surface area contributed by atoms with Crippen molar-refractivity contribution in [2.24, 2.45) is 5.92 Å². The minimum absolute atomic E-state index is 0.00106. The van der Waals surface area contributed by atoms with Gasteiger partial charge in [0.15, 0.2) is 11.5 Å². The third-order valence-electron chi connectivity index (χ3n) is 7.47. The lowest BCUT2D eigenvalue weighted by Gasteiger charge is -2.42. The summed E-state index contributed by atoms with van der Waals surface area (Å²) in [6.07, 6.45) is 7.24. The van der Waals surface area contributed by atoms with Crippen LogP contribution in [-0.4, -0.2) is 62.4 Å². The number of hydrogen-bond acceptors (Lipinski definition) is 7. The van der Waals surface area contributed by atoms with Gasteiger partial charge in [-0.25, -0.2) is 4.79 Å². The van der Waals surface area contributed by atoms with Crippen molar-refractivity contribution in [3.8, 4) is 11.5 Å². The monoisotopic (exact) mass is 500 g/mol. The largest absolute Gasteiger partial charge is 0.493 e. The van der Waals surface area contributed by atoms with Crippen molar-refractivity contribution in [2.75, 3.05) is 20.8 Å². The van der Waals surface area contributed by atoms with Gasteiger partial charge in [-0.05, 0) is 77.7 Å². The Morgan fingerprint density at radius 1 is 1.22 bits per heavy atom. The lowest BCUT2D eigenvalue weighted by atomic mass is 9.68. The number of ether oxygens (including phenoxy) is 6. The number of methoxy groups -OCH3 is 2. The maximum absolute atomic E-state index is 12.8. The Balaban J connectivity index is 1.43. The van der Waals surface area contributed by atoms with Crippen molar-refractivity contribution in [1.29, 1.82) is 0 Å². The van der Waals surface area contributed by atoms with Gasteiger partial charge < -0.3 is 28.4 Å². The molecule has 0 radical (unpaired) electrons. The molecule has 3 aliphatic rings. The van der Waals surface area contributed by atoms with Gasteiger partial charge in [-0.3, -0.25) is 0 Å². The predicted octanol–water partition coefficient (Wildman–Crippen LogP) is 5.12. The summed E-state index contributed by atoms with van der Waals surface area (Å²) in [5, 5.41) is 0. The topological polar surface area (TPSA) is 79.1 Å². The molecule has 1 aromatic carbocycles. The van der Waals surface area contributed by atoms with Crippen LogP contribution in [0.1, 0.15) is 59.4 Å². The predicted molar refractivity (Wildman–Crippen MR) is 137 cm³/mol. The molecule has 0 N–H and O–H groups in total. The van der Waals surface area contributed by atoms with Crippen LogP contribution in [-0.2, 0) is 23.7 Å². The molecule has 0 aromatic heterocycles. The number of benzene rings is 1. The van der Waals surface area contributed by atoms with Crippen molar-refractivity contribution >= 4 is 12.0 Å². The molecule has 36 heavy (non-hydrogen) atoms. The van der Waals surface area contributed by atoms with E-state index in [4.69, 9.17) is 28.4 Å². The molecule has 6 atom stereocenters. The zero-order chi connectivity index (χ0) is 26.1. The van der Waals surface area contributed by atoms with E-state index in [0.29, 0.717) is 24.5 Å². The second-order valence-corrected chi connectivity index (χ2v) is 10.8. The molecular formula is C29H40O7. The van der Waals surface area contributed by atoms with E-state index in [-0.39, 0.29) is 41.5 Å². The SMILES string of the molecule is COc1cc(/C=C/C(=O)O[C@@H]2CC[C@]3(CO3)C(C3(C)OC3CC=C(C)C)[C@@H]2OC)ccc1OC(C)C. The van der Waals surface area contributed by atoms with Crippen molar-refractivity contribution in [3.05, 3.63) is 41.5 Å². The summed E-state index contributed by atoms with van der Waals surface area (Å²) in [6, 6.07) is 5.56. The molecule has 1 spiro atoms. The second kappa shape index (κ2) is 10.6. The Morgan fingerprint density at radius 3 is 2.58 bits per heavy atom. The van der Waals surface area contributed by atoms with Gasteiger partial charge >= 0.3 is 5.97 Å². The summed E-state index contributed by atoms with van der Waals surface area (Å²) in [4.78, 5) is 12.8.